The smallest absolute Gasteiger partial charge is 0.353 e. The molecule has 2 amide bonds. The van der Waals surface area contributed by atoms with Crippen molar-refractivity contribution in [3.8, 4) is 11.3 Å². The molecule has 1 fully saturated rings. The van der Waals surface area contributed by atoms with Gasteiger partial charge in [0.05, 0.1) is 5.69 Å². The number of pyridine rings is 1. The Bertz CT molecular complexity index is 1830. The zero-order valence-electron chi connectivity index (χ0n) is 26.0. The predicted molar refractivity (Wildman–Crippen MR) is 181 cm³/mol. The summed E-state index contributed by atoms with van der Waals surface area (Å²) in [4.78, 5) is 65.0. The van der Waals surface area contributed by atoms with Gasteiger partial charge in [0.25, 0.3) is 11.8 Å². The number of nitrogens with zero attached hydrogens (tertiary/aromatic N) is 6. The number of β-lactam (4-membered cyclic amide) rings is 1. The molecule has 4 atom stereocenters. The van der Waals surface area contributed by atoms with Crippen molar-refractivity contribution in [1.82, 2.24) is 24.6 Å². The average molecular weight is 756 g/mol. The van der Waals surface area contributed by atoms with Crippen LogP contribution in [0.4, 0.5) is 5.13 Å². The monoisotopic (exact) mass is 755 g/mol. The predicted octanol–water partition coefficient (Wildman–Crippen LogP) is 2.82. The van der Waals surface area contributed by atoms with Gasteiger partial charge in [-0.2, -0.15) is 9.36 Å². The standard InChI is InChI=1S/C27H31N8O8PS4/c1-5-9-27(3,40)44(41,42)32-25-30-20(33-48-25)17(31-43-6-2)21(36)29-18-22(37)35-19(24(38)39)16(13-45-23(18)35)47-26-28-15(12-46-26)14-7-10-34(4)11-8-14/h7-8,10-12,18,23,40H,5-6,9,13H2,1-4H3,(H3-,29,30,32,33,36,38,39,41,42)/p+1/b31-17-/t18-,23-,27?/m1/s1. The molecule has 5 heterocycles. The van der Waals surface area contributed by atoms with Gasteiger partial charge in [-0.1, -0.05) is 30.3 Å². The molecule has 0 saturated carbocycles. The first-order chi connectivity index (χ1) is 22.8. The van der Waals surface area contributed by atoms with Gasteiger partial charge in [-0.25, -0.2) is 14.3 Å². The quantitative estimate of drug-likeness (QED) is 0.0526. The molecule has 256 valence electrons. The number of nitrogens with one attached hydrogen (secondary N) is 2. The van der Waals surface area contributed by atoms with E-state index in [1.165, 1.54) is 41.8 Å². The fraction of sp³-hybridized carbons (Fsp3) is 0.407. The molecule has 3 aromatic rings. The lowest BCUT2D eigenvalue weighted by atomic mass is 10.0. The second-order valence-electron chi connectivity index (χ2n) is 10.7. The van der Waals surface area contributed by atoms with E-state index in [-0.39, 0.29) is 35.4 Å². The highest BCUT2D eigenvalue weighted by molar-refractivity contribution is 8.07. The molecule has 5 rings (SSSR count). The van der Waals surface area contributed by atoms with Crippen LogP contribution in [0.15, 0.2) is 50.0 Å². The Kier molecular flexibility index (Phi) is 10.9. The summed E-state index contributed by atoms with van der Waals surface area (Å²) in [6, 6.07) is 2.77. The highest BCUT2D eigenvalue weighted by atomic mass is 32.2. The third kappa shape index (κ3) is 7.44. The minimum atomic E-state index is -4.36. The van der Waals surface area contributed by atoms with Crippen LogP contribution >= 0.6 is 53.9 Å². The first-order valence-electron chi connectivity index (χ1n) is 14.4. The van der Waals surface area contributed by atoms with Crippen molar-refractivity contribution >= 4 is 82.5 Å². The number of aryl methyl sites for hydroxylation is 1. The topological polar surface area (TPSA) is 220 Å². The minimum Gasteiger partial charge on any atom is -0.477 e. The fourth-order valence-corrected chi connectivity index (χ4v) is 10.1. The van der Waals surface area contributed by atoms with E-state index in [4.69, 9.17) is 4.84 Å². The molecule has 0 radical (unpaired) electrons. The lowest BCUT2D eigenvalue weighted by molar-refractivity contribution is -0.671. The van der Waals surface area contributed by atoms with Crippen LogP contribution in [0.2, 0.25) is 0 Å². The van der Waals surface area contributed by atoms with E-state index in [1.807, 2.05) is 41.5 Å². The molecule has 5 N–H and O–H groups in total. The summed E-state index contributed by atoms with van der Waals surface area (Å²) in [5.41, 5.74) is 1.09. The van der Waals surface area contributed by atoms with Gasteiger partial charge in [0.2, 0.25) is 16.7 Å². The normalized spacial score (nSPS) is 20.3. The van der Waals surface area contributed by atoms with Gasteiger partial charge in [-0.15, -0.1) is 23.1 Å². The highest BCUT2D eigenvalue weighted by Crippen LogP contribution is 2.54. The third-order valence-corrected chi connectivity index (χ3v) is 13.5. The number of carboxylic acids is 1. The Labute approximate surface area is 291 Å². The van der Waals surface area contributed by atoms with E-state index >= 15 is 0 Å². The Morgan fingerprint density at radius 3 is 2.69 bits per heavy atom. The molecule has 48 heavy (non-hydrogen) atoms. The third-order valence-electron chi connectivity index (χ3n) is 7.15. The van der Waals surface area contributed by atoms with E-state index in [0.29, 0.717) is 27.2 Å². The number of carboxylic acid groups (broad SMARTS) is 1. The first-order valence-corrected chi connectivity index (χ1v) is 19.6. The van der Waals surface area contributed by atoms with Gasteiger partial charge in [-0.3, -0.25) is 24.1 Å². The molecule has 2 aliphatic heterocycles. The molecular formula is C27H32N8O8PS4+. The van der Waals surface area contributed by atoms with Gasteiger partial charge >= 0.3 is 13.5 Å². The Morgan fingerprint density at radius 1 is 1.29 bits per heavy atom. The molecule has 2 unspecified atom stereocenters. The number of carbonyl (C=O) groups excluding carboxylic acids is 2. The van der Waals surface area contributed by atoms with E-state index < -0.39 is 47.8 Å². The van der Waals surface area contributed by atoms with Crippen molar-refractivity contribution in [2.75, 3.05) is 17.4 Å². The Balaban J connectivity index is 1.30. The van der Waals surface area contributed by atoms with Crippen LogP contribution in [0.3, 0.4) is 0 Å². The maximum Gasteiger partial charge on any atom is 0.353 e. The van der Waals surface area contributed by atoms with Crippen molar-refractivity contribution < 1.29 is 43.5 Å². The summed E-state index contributed by atoms with van der Waals surface area (Å²) in [5, 5.41) is 28.4. The van der Waals surface area contributed by atoms with Crippen molar-refractivity contribution in [3.05, 3.63) is 46.3 Å². The second kappa shape index (κ2) is 14.6. The SMILES string of the molecule is CCCC(C)(O)P(=O)(O)Nc1nc(/C(=N/OCC)C(=O)N[C@@H]2C(=O)N3C(C(=O)O)=C(Sc4nc(-c5cc[n+](C)cc5)cs4)CS[C@H]23)ns1. The zero-order valence-corrected chi connectivity index (χ0v) is 30.2. The molecule has 3 aromatic heterocycles. The molecule has 0 spiro atoms. The number of anilines is 1. The summed E-state index contributed by atoms with van der Waals surface area (Å²) in [7, 11) is -2.45. The molecule has 1 saturated heterocycles. The first kappa shape index (κ1) is 35.9. The van der Waals surface area contributed by atoms with Gasteiger partial charge in [0.1, 0.15) is 30.8 Å². The van der Waals surface area contributed by atoms with Gasteiger partial charge in [0, 0.05) is 45.3 Å². The Morgan fingerprint density at radius 2 is 2.02 bits per heavy atom. The van der Waals surface area contributed by atoms with Crippen LogP contribution in [0.1, 0.15) is 39.4 Å². The number of aliphatic carboxylic acids is 1. The number of aromatic nitrogens is 4. The number of oxime groups is 1. The molecular weight excluding hydrogens is 724 g/mol. The number of thioether (sulfide) groups is 2. The number of thiazole rings is 1. The lowest BCUT2D eigenvalue weighted by Gasteiger charge is -2.49. The summed E-state index contributed by atoms with van der Waals surface area (Å²) in [5.74, 6) is -2.77. The van der Waals surface area contributed by atoms with Gasteiger partial charge < -0.3 is 25.3 Å². The van der Waals surface area contributed by atoms with Crippen LogP contribution < -0.4 is 15.0 Å². The summed E-state index contributed by atoms with van der Waals surface area (Å²) < 4.78 is 19.4. The maximum absolute atomic E-state index is 13.4. The van der Waals surface area contributed by atoms with Crippen molar-refractivity contribution in [2.45, 2.75) is 54.7 Å². The summed E-state index contributed by atoms with van der Waals surface area (Å²) in [6.45, 7) is 4.71. The molecule has 2 aliphatic rings. The Hall–Kier alpha value is -3.39. The summed E-state index contributed by atoms with van der Waals surface area (Å²) in [6.07, 6.45) is 4.30. The highest BCUT2D eigenvalue weighted by Gasteiger charge is 2.55. The van der Waals surface area contributed by atoms with Crippen molar-refractivity contribution in [2.24, 2.45) is 12.2 Å². The van der Waals surface area contributed by atoms with Crippen LogP contribution in [0.5, 0.6) is 0 Å². The second-order valence-corrected chi connectivity index (χ2v) is 17.1. The van der Waals surface area contributed by atoms with Crippen LogP contribution in [0, 0.1) is 0 Å². The molecule has 21 heteroatoms. The van der Waals surface area contributed by atoms with E-state index in [0.717, 1.165) is 16.2 Å². The summed E-state index contributed by atoms with van der Waals surface area (Å²) >= 11 is 4.51. The fourth-order valence-electron chi connectivity index (χ4n) is 4.65. The number of carbonyl (C=O) groups is 3. The van der Waals surface area contributed by atoms with E-state index in [1.54, 1.807) is 13.8 Å². The maximum atomic E-state index is 13.4. The van der Waals surface area contributed by atoms with Gasteiger partial charge in [-0.05, 0) is 20.3 Å². The molecule has 16 nitrogen and oxygen atoms in total. The van der Waals surface area contributed by atoms with Crippen LogP contribution in [-0.2, 0) is 30.8 Å². The number of fused-ring (bicyclic) bond motifs is 1. The number of hydrogen-bond donors (Lipinski definition) is 5. The number of aliphatic hydroxyl groups is 1. The minimum absolute atomic E-state index is 0.0444. The molecule has 0 aliphatic carbocycles. The molecule has 0 bridgehead atoms. The largest absolute Gasteiger partial charge is 0.477 e. The van der Waals surface area contributed by atoms with Gasteiger partial charge in [0.15, 0.2) is 22.1 Å². The zero-order chi connectivity index (χ0) is 34.8. The van der Waals surface area contributed by atoms with Crippen LogP contribution in [-0.4, -0.2) is 87.0 Å². The van der Waals surface area contributed by atoms with Crippen molar-refractivity contribution in [1.29, 1.82) is 0 Å². The number of rotatable bonds is 14. The molecule has 0 aromatic carbocycles. The van der Waals surface area contributed by atoms with Crippen molar-refractivity contribution in [3.63, 3.8) is 0 Å². The average Bonchev–Trinajstić information content (AvgIpc) is 3.69. The van der Waals surface area contributed by atoms with E-state index in [9.17, 15) is 34.1 Å². The number of hydrogen-bond acceptors (Lipinski definition) is 14. The van der Waals surface area contributed by atoms with Crippen LogP contribution in [0.25, 0.3) is 11.3 Å². The number of amides is 2. The van der Waals surface area contributed by atoms with E-state index in [2.05, 4.69) is 29.9 Å². The lowest BCUT2D eigenvalue weighted by Crippen LogP contribution is -2.71.